The van der Waals surface area contributed by atoms with Crippen LogP contribution in [0.2, 0.25) is 0 Å². The molecule has 1 aromatic rings. The summed E-state index contributed by atoms with van der Waals surface area (Å²) >= 11 is 0. The number of nitrogen functional groups attached to an aromatic ring is 1. The van der Waals surface area contributed by atoms with Crippen molar-refractivity contribution < 1.29 is 27.1 Å². The lowest BCUT2D eigenvalue weighted by Crippen LogP contribution is -2.20. The molecule has 1 rings (SSSR count). The van der Waals surface area contributed by atoms with E-state index in [0.717, 1.165) is 6.07 Å². The second-order valence-electron chi connectivity index (χ2n) is 3.71. The molecular formula is C11H12F4N2O2. The van der Waals surface area contributed by atoms with E-state index in [2.05, 4.69) is 10.1 Å². The average molecular weight is 280 g/mol. The summed E-state index contributed by atoms with van der Waals surface area (Å²) in [5, 5.41) is 2.20. The third kappa shape index (κ3) is 6.05. The Balaban J connectivity index is 2.35. The number of benzene rings is 1. The third-order valence-electron chi connectivity index (χ3n) is 2.01. The topological polar surface area (TPSA) is 64.3 Å². The van der Waals surface area contributed by atoms with Gasteiger partial charge in [-0.15, -0.1) is 0 Å². The van der Waals surface area contributed by atoms with Crippen LogP contribution in [-0.2, 0) is 9.53 Å². The molecule has 4 nitrogen and oxygen atoms in total. The fraction of sp³-hybridized carbons (Fsp3) is 0.364. The minimum Gasteiger partial charge on any atom is -0.399 e. The molecule has 1 amide bonds. The highest BCUT2D eigenvalue weighted by atomic mass is 19.4. The minimum atomic E-state index is -4.43. The number of carbonyl (C=O) groups is 1. The van der Waals surface area contributed by atoms with Crippen molar-refractivity contribution in [3.63, 3.8) is 0 Å². The Kier molecular flexibility index (Phi) is 5.11. The molecule has 19 heavy (non-hydrogen) atoms. The van der Waals surface area contributed by atoms with Crippen molar-refractivity contribution in [2.75, 3.05) is 24.3 Å². The van der Waals surface area contributed by atoms with Gasteiger partial charge in [-0.05, 0) is 18.2 Å². The van der Waals surface area contributed by atoms with Gasteiger partial charge in [0.05, 0.1) is 18.7 Å². The van der Waals surface area contributed by atoms with Crippen molar-refractivity contribution in [3.05, 3.63) is 24.0 Å². The molecule has 0 aliphatic carbocycles. The Labute approximate surface area is 106 Å². The lowest BCUT2D eigenvalue weighted by molar-refractivity contribution is -0.174. The molecule has 0 spiro atoms. The van der Waals surface area contributed by atoms with E-state index in [1.807, 2.05) is 0 Å². The zero-order valence-corrected chi connectivity index (χ0v) is 9.76. The van der Waals surface area contributed by atoms with E-state index < -0.39 is 31.1 Å². The Morgan fingerprint density at radius 1 is 1.37 bits per heavy atom. The first-order chi connectivity index (χ1) is 8.78. The van der Waals surface area contributed by atoms with E-state index in [1.54, 1.807) is 0 Å². The maximum absolute atomic E-state index is 13.3. The van der Waals surface area contributed by atoms with Gasteiger partial charge in [-0.1, -0.05) is 0 Å². The summed E-state index contributed by atoms with van der Waals surface area (Å²) in [6.45, 7) is -1.82. The summed E-state index contributed by atoms with van der Waals surface area (Å²) in [7, 11) is 0. The molecule has 0 aliphatic rings. The summed E-state index contributed by atoms with van der Waals surface area (Å²) in [6, 6.07) is 3.67. The molecule has 0 bridgehead atoms. The van der Waals surface area contributed by atoms with Crippen molar-refractivity contribution in [3.8, 4) is 0 Å². The van der Waals surface area contributed by atoms with Crippen LogP contribution in [-0.4, -0.2) is 25.3 Å². The molecular weight excluding hydrogens is 268 g/mol. The number of ether oxygens (including phenoxy) is 1. The van der Waals surface area contributed by atoms with Gasteiger partial charge in [-0.25, -0.2) is 4.39 Å². The van der Waals surface area contributed by atoms with Crippen LogP contribution in [0.4, 0.5) is 28.9 Å². The zero-order valence-electron chi connectivity index (χ0n) is 9.76. The van der Waals surface area contributed by atoms with Crippen LogP contribution in [0.5, 0.6) is 0 Å². The number of carbonyl (C=O) groups excluding carboxylic acids is 1. The third-order valence-corrected chi connectivity index (χ3v) is 2.01. The van der Waals surface area contributed by atoms with Gasteiger partial charge in [-0.3, -0.25) is 4.79 Å². The molecule has 0 aromatic heterocycles. The minimum absolute atomic E-state index is 0.0879. The van der Waals surface area contributed by atoms with Gasteiger partial charge >= 0.3 is 6.18 Å². The lowest BCUT2D eigenvalue weighted by atomic mass is 10.2. The number of halogens is 4. The summed E-state index contributed by atoms with van der Waals surface area (Å²) in [6.07, 6.45) is -4.74. The highest BCUT2D eigenvalue weighted by molar-refractivity contribution is 5.91. The highest BCUT2D eigenvalue weighted by Crippen LogP contribution is 2.17. The van der Waals surface area contributed by atoms with Crippen LogP contribution in [0.15, 0.2) is 18.2 Å². The van der Waals surface area contributed by atoms with Crippen molar-refractivity contribution in [1.29, 1.82) is 0 Å². The van der Waals surface area contributed by atoms with Gasteiger partial charge in [0.25, 0.3) is 0 Å². The largest absolute Gasteiger partial charge is 0.411 e. The van der Waals surface area contributed by atoms with Gasteiger partial charge in [0.15, 0.2) is 0 Å². The number of alkyl halides is 3. The number of hydrogen-bond donors (Lipinski definition) is 2. The van der Waals surface area contributed by atoms with Crippen LogP contribution in [0.1, 0.15) is 6.42 Å². The molecule has 0 unspecified atom stereocenters. The quantitative estimate of drug-likeness (QED) is 0.494. The van der Waals surface area contributed by atoms with Crippen LogP contribution < -0.4 is 11.1 Å². The molecule has 0 aliphatic heterocycles. The summed E-state index contributed by atoms with van der Waals surface area (Å²) in [5.74, 6) is -1.37. The number of amides is 1. The maximum Gasteiger partial charge on any atom is 0.411 e. The van der Waals surface area contributed by atoms with Crippen LogP contribution in [0.3, 0.4) is 0 Å². The molecule has 106 valence electrons. The summed E-state index contributed by atoms with van der Waals surface area (Å²) in [4.78, 5) is 11.3. The highest BCUT2D eigenvalue weighted by Gasteiger charge is 2.27. The van der Waals surface area contributed by atoms with Gasteiger partial charge < -0.3 is 15.8 Å². The molecule has 8 heteroatoms. The number of nitrogens with two attached hydrogens (primary N) is 1. The Bertz CT molecular complexity index is 449. The van der Waals surface area contributed by atoms with E-state index in [0.29, 0.717) is 0 Å². The molecule has 0 saturated heterocycles. The summed E-state index contributed by atoms with van der Waals surface area (Å²) in [5.41, 5.74) is 5.43. The molecule has 0 heterocycles. The Morgan fingerprint density at radius 3 is 2.63 bits per heavy atom. The SMILES string of the molecule is Nc1ccc(NC(=O)CCOCC(F)(F)F)c(F)c1. The van der Waals surface area contributed by atoms with E-state index >= 15 is 0 Å². The first-order valence-corrected chi connectivity index (χ1v) is 5.27. The standard InChI is InChI=1S/C11H12F4N2O2/c12-8-5-7(16)1-2-9(8)17-10(18)3-4-19-6-11(13,14)15/h1-2,5H,3-4,6,16H2,(H,17,18). The predicted molar refractivity (Wildman–Crippen MR) is 60.9 cm³/mol. The van der Waals surface area contributed by atoms with Crippen LogP contribution in [0, 0.1) is 5.82 Å². The molecule has 0 atom stereocenters. The second-order valence-corrected chi connectivity index (χ2v) is 3.71. The predicted octanol–water partition coefficient (Wildman–Crippen LogP) is 2.32. The smallest absolute Gasteiger partial charge is 0.399 e. The fourth-order valence-electron chi connectivity index (χ4n) is 1.20. The number of anilines is 2. The van der Waals surface area contributed by atoms with Crippen molar-refractivity contribution >= 4 is 17.3 Å². The van der Waals surface area contributed by atoms with Gasteiger partial charge in [-0.2, -0.15) is 13.2 Å². The number of rotatable bonds is 5. The molecule has 0 fully saturated rings. The molecule has 3 N–H and O–H groups in total. The first-order valence-electron chi connectivity index (χ1n) is 5.27. The van der Waals surface area contributed by atoms with Crippen molar-refractivity contribution in [1.82, 2.24) is 0 Å². The average Bonchev–Trinajstić information content (AvgIpc) is 2.27. The van der Waals surface area contributed by atoms with Crippen molar-refractivity contribution in [2.24, 2.45) is 0 Å². The van der Waals surface area contributed by atoms with Gasteiger partial charge in [0.2, 0.25) is 5.91 Å². The van der Waals surface area contributed by atoms with Crippen LogP contribution >= 0.6 is 0 Å². The lowest BCUT2D eigenvalue weighted by Gasteiger charge is -2.09. The number of nitrogens with one attached hydrogen (secondary N) is 1. The Hall–Kier alpha value is -1.83. The van der Waals surface area contributed by atoms with Gasteiger partial charge in [0.1, 0.15) is 12.4 Å². The second kappa shape index (κ2) is 6.37. The normalized spacial score (nSPS) is 11.4. The zero-order chi connectivity index (χ0) is 14.5. The first kappa shape index (κ1) is 15.2. The number of hydrogen-bond acceptors (Lipinski definition) is 3. The van der Waals surface area contributed by atoms with E-state index in [9.17, 15) is 22.4 Å². The molecule has 0 saturated carbocycles. The van der Waals surface area contributed by atoms with Gasteiger partial charge in [0, 0.05) is 5.69 Å². The maximum atomic E-state index is 13.3. The fourth-order valence-corrected chi connectivity index (χ4v) is 1.20. The molecule has 1 aromatic carbocycles. The van der Waals surface area contributed by atoms with E-state index in [4.69, 9.17) is 5.73 Å². The van der Waals surface area contributed by atoms with Crippen LogP contribution in [0.25, 0.3) is 0 Å². The van der Waals surface area contributed by atoms with Crippen molar-refractivity contribution in [2.45, 2.75) is 12.6 Å². The Morgan fingerprint density at radius 2 is 2.05 bits per heavy atom. The summed E-state index contributed by atoms with van der Waals surface area (Å²) < 4.78 is 52.7. The van der Waals surface area contributed by atoms with E-state index in [1.165, 1.54) is 12.1 Å². The monoisotopic (exact) mass is 280 g/mol. The van der Waals surface area contributed by atoms with E-state index in [-0.39, 0.29) is 17.8 Å². The molecule has 0 radical (unpaired) electrons.